The van der Waals surface area contributed by atoms with Gasteiger partial charge in [0.25, 0.3) is 0 Å². The molecule has 0 aromatic rings. The van der Waals surface area contributed by atoms with Crippen LogP contribution in [0.15, 0.2) is 4.99 Å². The van der Waals surface area contributed by atoms with Crippen molar-refractivity contribution in [1.29, 1.82) is 0 Å². The van der Waals surface area contributed by atoms with Crippen LogP contribution in [-0.2, 0) is 4.79 Å². The summed E-state index contributed by atoms with van der Waals surface area (Å²) in [5.41, 5.74) is 0. The molecule has 14 heavy (non-hydrogen) atoms. The molecule has 2 heterocycles. The summed E-state index contributed by atoms with van der Waals surface area (Å²) in [4.78, 5) is 17.9. The van der Waals surface area contributed by atoms with Crippen molar-refractivity contribution < 1.29 is 4.79 Å². The van der Waals surface area contributed by atoms with Gasteiger partial charge in [-0.15, -0.1) is 0 Å². The second-order valence-electron chi connectivity index (χ2n) is 3.81. The minimum Gasteiger partial charge on any atom is -0.370 e. The third-order valence-corrected chi connectivity index (χ3v) is 2.89. The highest BCUT2D eigenvalue weighted by atomic mass is 16.2. The van der Waals surface area contributed by atoms with Crippen LogP contribution in [-0.4, -0.2) is 42.3 Å². The SMILES string of the molecule is CCC(C1=NCCN1)N1CCCC1=O. The van der Waals surface area contributed by atoms with Crippen molar-refractivity contribution in [2.75, 3.05) is 19.6 Å². The predicted molar refractivity (Wildman–Crippen MR) is 55.3 cm³/mol. The third kappa shape index (κ3) is 1.61. The van der Waals surface area contributed by atoms with Gasteiger partial charge in [0.15, 0.2) is 0 Å². The Balaban J connectivity index is 2.08. The topological polar surface area (TPSA) is 44.7 Å². The molecular formula is C10H17N3O. The van der Waals surface area contributed by atoms with E-state index in [1.54, 1.807) is 0 Å². The Hall–Kier alpha value is -1.06. The van der Waals surface area contributed by atoms with Crippen LogP contribution in [0.1, 0.15) is 26.2 Å². The van der Waals surface area contributed by atoms with Gasteiger partial charge >= 0.3 is 0 Å². The summed E-state index contributed by atoms with van der Waals surface area (Å²) in [6.45, 7) is 4.79. The Kier molecular flexibility index (Phi) is 2.70. The number of carbonyl (C=O) groups excluding carboxylic acids is 1. The molecule has 1 N–H and O–H groups in total. The number of rotatable bonds is 3. The molecule has 1 saturated heterocycles. The number of amidine groups is 1. The standard InChI is InChI=1S/C10H17N3O/c1-2-8(10-11-5-6-12-10)13-7-3-4-9(13)14/h8H,2-7H2,1H3,(H,11,12). The fraction of sp³-hybridized carbons (Fsp3) is 0.800. The van der Waals surface area contributed by atoms with Gasteiger partial charge in [-0.25, -0.2) is 0 Å². The van der Waals surface area contributed by atoms with Crippen LogP contribution in [0.4, 0.5) is 0 Å². The van der Waals surface area contributed by atoms with Crippen LogP contribution in [0.5, 0.6) is 0 Å². The van der Waals surface area contributed by atoms with Crippen molar-refractivity contribution >= 4 is 11.7 Å². The van der Waals surface area contributed by atoms with Crippen molar-refractivity contribution in [3.8, 4) is 0 Å². The highest BCUT2D eigenvalue weighted by molar-refractivity contribution is 5.92. The monoisotopic (exact) mass is 195 g/mol. The molecule has 1 atom stereocenters. The van der Waals surface area contributed by atoms with E-state index in [0.29, 0.717) is 6.42 Å². The van der Waals surface area contributed by atoms with E-state index in [9.17, 15) is 4.79 Å². The van der Waals surface area contributed by atoms with E-state index >= 15 is 0 Å². The molecule has 0 radical (unpaired) electrons. The summed E-state index contributed by atoms with van der Waals surface area (Å²) in [7, 11) is 0. The molecule has 0 aliphatic carbocycles. The normalized spacial score (nSPS) is 23.6. The summed E-state index contributed by atoms with van der Waals surface area (Å²) < 4.78 is 0. The molecule has 2 rings (SSSR count). The molecule has 78 valence electrons. The van der Waals surface area contributed by atoms with E-state index in [-0.39, 0.29) is 11.9 Å². The maximum absolute atomic E-state index is 11.6. The van der Waals surface area contributed by atoms with Gasteiger partial charge in [0, 0.05) is 19.5 Å². The number of nitrogens with zero attached hydrogens (tertiary/aromatic N) is 2. The molecule has 0 bridgehead atoms. The van der Waals surface area contributed by atoms with E-state index in [2.05, 4.69) is 17.2 Å². The summed E-state index contributed by atoms with van der Waals surface area (Å²) in [6.07, 6.45) is 2.67. The molecule has 4 nitrogen and oxygen atoms in total. The Morgan fingerprint density at radius 2 is 2.50 bits per heavy atom. The number of amides is 1. The summed E-state index contributed by atoms with van der Waals surface area (Å²) in [5, 5.41) is 3.26. The molecule has 4 heteroatoms. The van der Waals surface area contributed by atoms with Gasteiger partial charge in [-0.3, -0.25) is 9.79 Å². The first kappa shape index (κ1) is 9.49. The molecule has 0 saturated carbocycles. The molecule has 2 aliphatic heterocycles. The van der Waals surface area contributed by atoms with Gasteiger partial charge < -0.3 is 10.2 Å². The Morgan fingerprint density at radius 3 is 3.00 bits per heavy atom. The van der Waals surface area contributed by atoms with E-state index in [0.717, 1.165) is 38.3 Å². The average Bonchev–Trinajstić information content (AvgIpc) is 2.80. The predicted octanol–water partition coefficient (Wildman–Crippen LogP) is 0.389. The molecule has 0 spiro atoms. The molecule has 0 aromatic heterocycles. The highest BCUT2D eigenvalue weighted by Gasteiger charge is 2.30. The van der Waals surface area contributed by atoms with Gasteiger partial charge in [-0.1, -0.05) is 6.92 Å². The molecular weight excluding hydrogens is 178 g/mol. The van der Waals surface area contributed by atoms with Crippen LogP contribution in [0.3, 0.4) is 0 Å². The lowest BCUT2D eigenvalue weighted by atomic mass is 10.2. The molecule has 2 aliphatic rings. The van der Waals surface area contributed by atoms with E-state index in [4.69, 9.17) is 0 Å². The zero-order valence-electron chi connectivity index (χ0n) is 8.62. The lowest BCUT2D eigenvalue weighted by molar-refractivity contribution is -0.128. The molecule has 1 unspecified atom stereocenters. The van der Waals surface area contributed by atoms with Crippen LogP contribution < -0.4 is 5.32 Å². The largest absolute Gasteiger partial charge is 0.370 e. The number of aliphatic imine (C=N–C) groups is 1. The molecule has 1 amide bonds. The lowest BCUT2D eigenvalue weighted by Gasteiger charge is -2.26. The first-order valence-electron chi connectivity index (χ1n) is 5.40. The van der Waals surface area contributed by atoms with Gasteiger partial charge in [0.2, 0.25) is 5.91 Å². The maximum atomic E-state index is 11.6. The lowest BCUT2D eigenvalue weighted by Crippen LogP contribution is -2.45. The van der Waals surface area contributed by atoms with Crippen molar-refractivity contribution in [2.24, 2.45) is 4.99 Å². The zero-order valence-corrected chi connectivity index (χ0v) is 8.62. The number of nitrogens with one attached hydrogen (secondary N) is 1. The first-order valence-corrected chi connectivity index (χ1v) is 5.40. The van der Waals surface area contributed by atoms with E-state index in [1.165, 1.54) is 0 Å². The number of hydrogen-bond donors (Lipinski definition) is 1. The first-order chi connectivity index (χ1) is 6.83. The number of hydrogen-bond acceptors (Lipinski definition) is 3. The maximum Gasteiger partial charge on any atom is 0.223 e. The minimum atomic E-state index is 0.201. The summed E-state index contributed by atoms with van der Waals surface area (Å²) >= 11 is 0. The second kappa shape index (κ2) is 3.98. The average molecular weight is 195 g/mol. The number of likely N-dealkylation sites (tertiary alicyclic amines) is 1. The summed E-state index contributed by atoms with van der Waals surface area (Å²) in [5.74, 6) is 1.30. The van der Waals surface area contributed by atoms with Crippen LogP contribution >= 0.6 is 0 Å². The van der Waals surface area contributed by atoms with Gasteiger partial charge in [0.1, 0.15) is 5.84 Å². The van der Waals surface area contributed by atoms with Crippen molar-refractivity contribution in [1.82, 2.24) is 10.2 Å². The van der Waals surface area contributed by atoms with Crippen molar-refractivity contribution in [3.63, 3.8) is 0 Å². The quantitative estimate of drug-likeness (QED) is 0.708. The van der Waals surface area contributed by atoms with Crippen LogP contribution in [0, 0.1) is 0 Å². The van der Waals surface area contributed by atoms with Crippen LogP contribution in [0.2, 0.25) is 0 Å². The number of carbonyl (C=O) groups is 1. The fourth-order valence-electron chi connectivity index (χ4n) is 2.20. The zero-order chi connectivity index (χ0) is 9.97. The Bertz CT molecular complexity index is 262. The third-order valence-electron chi connectivity index (χ3n) is 2.89. The fourth-order valence-corrected chi connectivity index (χ4v) is 2.20. The smallest absolute Gasteiger partial charge is 0.223 e. The Labute approximate surface area is 84.4 Å². The summed E-state index contributed by atoms with van der Waals surface area (Å²) in [6, 6.07) is 0.201. The van der Waals surface area contributed by atoms with E-state index in [1.807, 2.05) is 4.90 Å². The van der Waals surface area contributed by atoms with Crippen LogP contribution in [0.25, 0.3) is 0 Å². The highest BCUT2D eigenvalue weighted by Crippen LogP contribution is 2.17. The Morgan fingerprint density at radius 1 is 1.64 bits per heavy atom. The van der Waals surface area contributed by atoms with Gasteiger partial charge in [-0.2, -0.15) is 0 Å². The second-order valence-corrected chi connectivity index (χ2v) is 3.81. The van der Waals surface area contributed by atoms with Crippen molar-refractivity contribution in [2.45, 2.75) is 32.2 Å². The molecule has 1 fully saturated rings. The minimum absolute atomic E-state index is 0.201. The van der Waals surface area contributed by atoms with Gasteiger partial charge in [-0.05, 0) is 12.8 Å². The molecule has 0 aromatic carbocycles. The van der Waals surface area contributed by atoms with Crippen molar-refractivity contribution in [3.05, 3.63) is 0 Å². The van der Waals surface area contributed by atoms with E-state index < -0.39 is 0 Å². The van der Waals surface area contributed by atoms with Gasteiger partial charge in [0.05, 0.1) is 12.6 Å².